The van der Waals surface area contributed by atoms with Crippen molar-refractivity contribution in [1.29, 1.82) is 0 Å². The largest absolute Gasteiger partial charge is 0.374 e. The summed E-state index contributed by atoms with van der Waals surface area (Å²) in [6.07, 6.45) is 0. The molecule has 0 radical (unpaired) electrons. The zero-order valence-corrected chi connectivity index (χ0v) is 11.5. The van der Waals surface area contributed by atoms with Crippen LogP contribution in [0.1, 0.15) is 43.5 Å². The van der Waals surface area contributed by atoms with Crippen LogP contribution in [0.15, 0.2) is 0 Å². The highest BCUT2D eigenvalue weighted by Crippen LogP contribution is 2.10. The molecule has 0 spiro atoms. The van der Waals surface area contributed by atoms with Crippen LogP contribution in [0.25, 0.3) is 0 Å². The van der Waals surface area contributed by atoms with Crippen LogP contribution in [0.5, 0.6) is 0 Å². The molecule has 0 aliphatic rings. The molecule has 4 heteroatoms. The average molecular weight is 237 g/mol. The second-order valence-corrected chi connectivity index (χ2v) is 4.46. The summed E-state index contributed by atoms with van der Waals surface area (Å²) in [5.41, 5.74) is 3.28. The zero-order chi connectivity index (χ0) is 12.8. The van der Waals surface area contributed by atoms with Gasteiger partial charge >= 0.3 is 0 Å². The van der Waals surface area contributed by atoms with Gasteiger partial charge in [-0.05, 0) is 20.8 Å². The van der Waals surface area contributed by atoms with Gasteiger partial charge in [0.1, 0.15) is 6.61 Å². The Balaban J connectivity index is 2.79. The first-order valence-corrected chi connectivity index (χ1v) is 6.18. The Bertz CT molecular complexity index is 341. The van der Waals surface area contributed by atoms with E-state index in [1.807, 2.05) is 20.8 Å². The Morgan fingerprint density at radius 1 is 1.18 bits per heavy atom. The van der Waals surface area contributed by atoms with Crippen molar-refractivity contribution in [2.24, 2.45) is 0 Å². The van der Waals surface area contributed by atoms with Gasteiger partial charge < -0.3 is 10.1 Å². The average Bonchev–Trinajstić information content (AvgIpc) is 2.24. The van der Waals surface area contributed by atoms with E-state index in [2.05, 4.69) is 29.1 Å². The van der Waals surface area contributed by atoms with E-state index >= 15 is 0 Å². The SMILES string of the molecule is CCOCc1nc(C)c(CNC(C)C)c(C)n1. The fraction of sp³-hybridized carbons (Fsp3) is 0.692. The number of nitrogens with one attached hydrogen (secondary N) is 1. The molecule has 0 saturated carbocycles. The summed E-state index contributed by atoms with van der Waals surface area (Å²) < 4.78 is 5.33. The molecular weight excluding hydrogens is 214 g/mol. The van der Waals surface area contributed by atoms with Crippen LogP contribution in [0, 0.1) is 13.8 Å². The number of hydrogen-bond acceptors (Lipinski definition) is 4. The van der Waals surface area contributed by atoms with Crippen molar-refractivity contribution in [1.82, 2.24) is 15.3 Å². The number of ether oxygens (including phenoxy) is 1. The summed E-state index contributed by atoms with van der Waals surface area (Å²) >= 11 is 0. The van der Waals surface area contributed by atoms with Gasteiger partial charge in [-0.25, -0.2) is 9.97 Å². The predicted octanol–water partition coefficient (Wildman–Crippen LogP) is 2.13. The molecule has 1 rings (SSSR count). The summed E-state index contributed by atoms with van der Waals surface area (Å²) in [7, 11) is 0. The number of aryl methyl sites for hydroxylation is 2. The van der Waals surface area contributed by atoms with Crippen molar-refractivity contribution in [3.05, 3.63) is 22.8 Å². The second kappa shape index (κ2) is 6.67. The van der Waals surface area contributed by atoms with Crippen molar-refractivity contribution in [3.8, 4) is 0 Å². The molecule has 0 atom stereocenters. The molecule has 0 unspecified atom stereocenters. The monoisotopic (exact) mass is 237 g/mol. The van der Waals surface area contributed by atoms with Gasteiger partial charge in [0.25, 0.3) is 0 Å². The molecule has 17 heavy (non-hydrogen) atoms. The predicted molar refractivity (Wildman–Crippen MR) is 68.8 cm³/mol. The fourth-order valence-electron chi connectivity index (χ4n) is 1.63. The first-order valence-electron chi connectivity index (χ1n) is 6.18. The number of rotatable bonds is 6. The second-order valence-electron chi connectivity index (χ2n) is 4.46. The van der Waals surface area contributed by atoms with Crippen LogP contribution in [0.3, 0.4) is 0 Å². The van der Waals surface area contributed by atoms with E-state index in [0.717, 1.165) is 23.8 Å². The van der Waals surface area contributed by atoms with Crippen LogP contribution < -0.4 is 5.32 Å². The van der Waals surface area contributed by atoms with E-state index in [1.54, 1.807) is 0 Å². The van der Waals surface area contributed by atoms with Gasteiger partial charge in [0.05, 0.1) is 0 Å². The van der Waals surface area contributed by atoms with E-state index in [1.165, 1.54) is 5.56 Å². The van der Waals surface area contributed by atoms with Gasteiger partial charge in [0.2, 0.25) is 0 Å². The minimum Gasteiger partial charge on any atom is -0.374 e. The lowest BCUT2D eigenvalue weighted by molar-refractivity contribution is 0.128. The summed E-state index contributed by atoms with van der Waals surface area (Å²) in [4.78, 5) is 8.95. The third kappa shape index (κ3) is 4.40. The summed E-state index contributed by atoms with van der Waals surface area (Å²) in [5.74, 6) is 0.773. The molecule has 0 saturated heterocycles. The smallest absolute Gasteiger partial charge is 0.154 e. The molecule has 0 aliphatic carbocycles. The van der Waals surface area contributed by atoms with E-state index in [4.69, 9.17) is 4.74 Å². The summed E-state index contributed by atoms with van der Waals surface area (Å²) in [6, 6.07) is 0.469. The van der Waals surface area contributed by atoms with Crippen molar-refractivity contribution in [3.63, 3.8) is 0 Å². The van der Waals surface area contributed by atoms with Crippen LogP contribution in [-0.4, -0.2) is 22.6 Å². The van der Waals surface area contributed by atoms with Crippen LogP contribution >= 0.6 is 0 Å². The van der Waals surface area contributed by atoms with Gasteiger partial charge in [-0.3, -0.25) is 0 Å². The van der Waals surface area contributed by atoms with Gasteiger partial charge in [0.15, 0.2) is 5.82 Å². The number of hydrogen-bond donors (Lipinski definition) is 1. The normalized spacial score (nSPS) is 11.2. The van der Waals surface area contributed by atoms with Gasteiger partial charge in [-0.2, -0.15) is 0 Å². The van der Waals surface area contributed by atoms with Crippen molar-refractivity contribution in [2.45, 2.75) is 53.8 Å². The molecule has 0 bridgehead atoms. The Morgan fingerprint density at radius 3 is 2.24 bits per heavy atom. The van der Waals surface area contributed by atoms with Crippen molar-refractivity contribution >= 4 is 0 Å². The molecule has 1 aromatic rings. The first-order chi connectivity index (χ1) is 8.04. The third-order valence-corrected chi connectivity index (χ3v) is 2.59. The van der Waals surface area contributed by atoms with E-state index in [9.17, 15) is 0 Å². The highest BCUT2D eigenvalue weighted by atomic mass is 16.5. The summed E-state index contributed by atoms with van der Waals surface area (Å²) in [5, 5.41) is 3.39. The highest BCUT2D eigenvalue weighted by molar-refractivity contribution is 5.24. The van der Waals surface area contributed by atoms with E-state index in [-0.39, 0.29) is 0 Å². The van der Waals surface area contributed by atoms with Crippen LogP contribution in [-0.2, 0) is 17.9 Å². The molecule has 0 aromatic carbocycles. The van der Waals surface area contributed by atoms with Gasteiger partial charge in [-0.1, -0.05) is 13.8 Å². The molecule has 1 aromatic heterocycles. The Morgan fingerprint density at radius 2 is 1.76 bits per heavy atom. The molecule has 4 nitrogen and oxygen atoms in total. The lowest BCUT2D eigenvalue weighted by atomic mass is 10.1. The van der Waals surface area contributed by atoms with E-state index in [0.29, 0.717) is 19.3 Å². The molecule has 0 amide bonds. The number of nitrogens with zero attached hydrogens (tertiary/aromatic N) is 2. The first kappa shape index (κ1) is 14.1. The zero-order valence-electron chi connectivity index (χ0n) is 11.5. The number of aromatic nitrogens is 2. The molecule has 1 N–H and O–H groups in total. The van der Waals surface area contributed by atoms with Crippen molar-refractivity contribution < 1.29 is 4.74 Å². The quantitative estimate of drug-likeness (QED) is 0.823. The maximum Gasteiger partial charge on any atom is 0.154 e. The Hall–Kier alpha value is -1.00. The minimum atomic E-state index is 0.469. The van der Waals surface area contributed by atoms with Crippen LogP contribution in [0.4, 0.5) is 0 Å². The Labute approximate surface area is 104 Å². The third-order valence-electron chi connectivity index (χ3n) is 2.59. The van der Waals surface area contributed by atoms with Crippen LogP contribution in [0.2, 0.25) is 0 Å². The minimum absolute atomic E-state index is 0.469. The van der Waals surface area contributed by atoms with E-state index < -0.39 is 0 Å². The lowest BCUT2D eigenvalue weighted by Gasteiger charge is -2.13. The summed E-state index contributed by atoms with van der Waals surface area (Å²) in [6.45, 7) is 12.3. The molecule has 96 valence electrons. The lowest BCUT2D eigenvalue weighted by Crippen LogP contribution is -2.23. The molecule has 1 heterocycles. The maximum atomic E-state index is 5.33. The van der Waals surface area contributed by atoms with Gasteiger partial charge in [0, 0.05) is 36.1 Å². The standard InChI is InChI=1S/C13H23N3O/c1-6-17-8-13-15-10(4)12(11(5)16-13)7-14-9(2)3/h9,14H,6-8H2,1-5H3. The maximum absolute atomic E-state index is 5.33. The Kier molecular flexibility index (Phi) is 5.51. The fourth-order valence-corrected chi connectivity index (χ4v) is 1.63. The topological polar surface area (TPSA) is 47.0 Å². The van der Waals surface area contributed by atoms with Gasteiger partial charge in [-0.15, -0.1) is 0 Å². The van der Waals surface area contributed by atoms with Crippen molar-refractivity contribution in [2.75, 3.05) is 6.61 Å². The highest BCUT2D eigenvalue weighted by Gasteiger charge is 2.08. The molecular formula is C13H23N3O. The molecule has 0 fully saturated rings. The molecule has 0 aliphatic heterocycles.